The zero-order chi connectivity index (χ0) is 15.9. The van der Waals surface area contributed by atoms with E-state index in [1.165, 1.54) is 18.4 Å². The smallest absolute Gasteiger partial charge is 0.133 e. The van der Waals surface area contributed by atoms with Gasteiger partial charge in [-0.05, 0) is 34.5 Å². The summed E-state index contributed by atoms with van der Waals surface area (Å²) in [5, 5.41) is 3.43. The van der Waals surface area contributed by atoms with E-state index in [9.17, 15) is 0 Å². The largest absolute Gasteiger partial charge is 0.496 e. The van der Waals surface area contributed by atoms with Crippen molar-refractivity contribution < 1.29 is 9.47 Å². The molecule has 0 radical (unpaired) electrons. The van der Waals surface area contributed by atoms with Gasteiger partial charge in [0.05, 0.1) is 18.7 Å². The Morgan fingerprint density at radius 1 is 1.18 bits per heavy atom. The van der Waals surface area contributed by atoms with E-state index in [0.29, 0.717) is 6.04 Å². The average molecular weight is 371 g/mol. The molecule has 1 aromatic rings. The molecule has 0 aromatic heterocycles. The SMILES string of the molecule is CCCC[C@@H](c1cc(OC)c(Br)cc1OC)N1CCNCC1. The van der Waals surface area contributed by atoms with Gasteiger partial charge in [0.15, 0.2) is 0 Å². The van der Waals surface area contributed by atoms with Gasteiger partial charge in [-0.2, -0.15) is 0 Å². The van der Waals surface area contributed by atoms with Crippen molar-refractivity contribution in [2.24, 2.45) is 0 Å². The van der Waals surface area contributed by atoms with E-state index in [1.807, 2.05) is 6.07 Å². The molecule has 1 aliphatic heterocycles. The molecule has 2 rings (SSSR count). The van der Waals surface area contributed by atoms with Crippen LogP contribution in [0.4, 0.5) is 0 Å². The van der Waals surface area contributed by atoms with Crippen molar-refractivity contribution in [3.8, 4) is 11.5 Å². The number of nitrogens with zero attached hydrogens (tertiary/aromatic N) is 1. The molecule has 0 aliphatic carbocycles. The van der Waals surface area contributed by atoms with Gasteiger partial charge < -0.3 is 14.8 Å². The first kappa shape index (κ1) is 17.6. The summed E-state index contributed by atoms with van der Waals surface area (Å²) in [5.74, 6) is 1.81. The van der Waals surface area contributed by atoms with E-state index in [0.717, 1.165) is 48.6 Å². The van der Waals surface area contributed by atoms with Crippen molar-refractivity contribution in [1.29, 1.82) is 0 Å². The second-order valence-electron chi connectivity index (χ2n) is 5.67. The lowest BCUT2D eigenvalue weighted by atomic mass is 9.97. The Labute approximate surface area is 142 Å². The van der Waals surface area contributed by atoms with Crippen LogP contribution in [0.25, 0.3) is 0 Å². The second-order valence-corrected chi connectivity index (χ2v) is 6.53. The van der Waals surface area contributed by atoms with Gasteiger partial charge in [0.2, 0.25) is 0 Å². The van der Waals surface area contributed by atoms with Crippen molar-refractivity contribution in [1.82, 2.24) is 10.2 Å². The number of nitrogens with one attached hydrogen (secondary N) is 1. The number of rotatable bonds is 7. The molecule has 1 aromatic carbocycles. The van der Waals surface area contributed by atoms with Crippen LogP contribution in [0, 0.1) is 0 Å². The Kier molecular flexibility index (Phi) is 6.99. The van der Waals surface area contributed by atoms with Gasteiger partial charge in [-0.3, -0.25) is 4.90 Å². The van der Waals surface area contributed by atoms with Crippen LogP contribution in [0.15, 0.2) is 16.6 Å². The summed E-state index contributed by atoms with van der Waals surface area (Å²) in [5.41, 5.74) is 1.23. The third kappa shape index (κ3) is 4.15. The molecule has 0 unspecified atom stereocenters. The van der Waals surface area contributed by atoms with Crippen LogP contribution in [-0.4, -0.2) is 45.3 Å². The molecule has 1 fully saturated rings. The molecule has 0 bridgehead atoms. The van der Waals surface area contributed by atoms with Crippen LogP contribution in [0.2, 0.25) is 0 Å². The maximum atomic E-state index is 5.65. The third-order valence-electron chi connectivity index (χ3n) is 4.29. The minimum absolute atomic E-state index is 0.388. The Morgan fingerprint density at radius 3 is 2.45 bits per heavy atom. The molecule has 1 saturated heterocycles. The van der Waals surface area contributed by atoms with Gasteiger partial charge >= 0.3 is 0 Å². The number of hydrogen-bond acceptors (Lipinski definition) is 4. The van der Waals surface area contributed by atoms with Crippen LogP contribution in [-0.2, 0) is 0 Å². The molecule has 22 heavy (non-hydrogen) atoms. The first-order chi connectivity index (χ1) is 10.7. The number of methoxy groups -OCH3 is 2. The minimum Gasteiger partial charge on any atom is -0.496 e. The summed E-state index contributed by atoms with van der Waals surface area (Å²) in [4.78, 5) is 2.57. The highest BCUT2D eigenvalue weighted by Crippen LogP contribution is 2.39. The van der Waals surface area contributed by atoms with Gasteiger partial charge in [-0.1, -0.05) is 19.8 Å². The molecular weight excluding hydrogens is 344 g/mol. The zero-order valence-electron chi connectivity index (χ0n) is 13.8. The molecule has 0 amide bonds. The lowest BCUT2D eigenvalue weighted by Gasteiger charge is -2.36. The van der Waals surface area contributed by atoms with Crippen molar-refractivity contribution >= 4 is 15.9 Å². The molecule has 4 nitrogen and oxygen atoms in total. The van der Waals surface area contributed by atoms with E-state index in [-0.39, 0.29) is 0 Å². The number of halogens is 1. The number of unbranched alkanes of at least 4 members (excludes halogenated alkanes) is 1. The summed E-state index contributed by atoms with van der Waals surface area (Å²) in [6.45, 7) is 6.51. The van der Waals surface area contributed by atoms with Gasteiger partial charge in [0.1, 0.15) is 11.5 Å². The van der Waals surface area contributed by atoms with Crippen molar-refractivity contribution in [2.45, 2.75) is 32.2 Å². The number of benzene rings is 1. The van der Waals surface area contributed by atoms with Crippen LogP contribution < -0.4 is 14.8 Å². The van der Waals surface area contributed by atoms with Gasteiger partial charge in [-0.25, -0.2) is 0 Å². The van der Waals surface area contributed by atoms with Gasteiger partial charge in [-0.15, -0.1) is 0 Å². The molecule has 124 valence electrons. The Balaban J connectivity index is 2.35. The molecule has 5 heteroatoms. The summed E-state index contributed by atoms with van der Waals surface area (Å²) in [7, 11) is 3.45. The number of ether oxygens (including phenoxy) is 2. The zero-order valence-corrected chi connectivity index (χ0v) is 15.4. The molecule has 1 N–H and O–H groups in total. The van der Waals surface area contributed by atoms with Gasteiger partial charge in [0.25, 0.3) is 0 Å². The minimum atomic E-state index is 0.388. The lowest BCUT2D eigenvalue weighted by Crippen LogP contribution is -2.45. The third-order valence-corrected chi connectivity index (χ3v) is 4.91. The first-order valence-corrected chi connectivity index (χ1v) is 8.86. The Bertz CT molecular complexity index is 476. The molecule has 0 saturated carbocycles. The molecule has 1 aliphatic rings. The highest BCUT2D eigenvalue weighted by atomic mass is 79.9. The second kappa shape index (κ2) is 8.75. The van der Waals surface area contributed by atoms with Crippen molar-refractivity contribution in [3.05, 3.63) is 22.2 Å². The topological polar surface area (TPSA) is 33.7 Å². The van der Waals surface area contributed by atoms with E-state index >= 15 is 0 Å². The standard InChI is InChI=1S/C17H27BrN2O2/c1-4-5-6-15(20-9-7-19-8-10-20)13-11-17(22-3)14(18)12-16(13)21-2/h11-12,15,19H,4-10H2,1-3H3/t15-/m0/s1. The Hall–Kier alpha value is -0.780. The van der Waals surface area contributed by atoms with E-state index in [1.54, 1.807) is 14.2 Å². The number of hydrogen-bond donors (Lipinski definition) is 1. The highest BCUT2D eigenvalue weighted by molar-refractivity contribution is 9.10. The normalized spacial score (nSPS) is 17.3. The Morgan fingerprint density at radius 2 is 1.86 bits per heavy atom. The predicted octanol–water partition coefficient (Wildman–Crippen LogP) is 3.60. The highest BCUT2D eigenvalue weighted by Gasteiger charge is 2.25. The van der Waals surface area contributed by atoms with Crippen LogP contribution in [0.3, 0.4) is 0 Å². The fourth-order valence-corrected chi connectivity index (χ4v) is 3.55. The summed E-state index contributed by atoms with van der Waals surface area (Å²) >= 11 is 3.55. The molecular formula is C17H27BrN2O2. The van der Waals surface area contributed by atoms with Crippen molar-refractivity contribution in [3.63, 3.8) is 0 Å². The average Bonchev–Trinajstić information content (AvgIpc) is 2.56. The summed E-state index contributed by atoms with van der Waals surface area (Å²) in [6, 6.07) is 4.54. The molecule has 1 heterocycles. The van der Waals surface area contributed by atoms with Gasteiger partial charge in [0, 0.05) is 37.8 Å². The lowest BCUT2D eigenvalue weighted by molar-refractivity contribution is 0.160. The fourth-order valence-electron chi connectivity index (χ4n) is 3.07. The van der Waals surface area contributed by atoms with E-state index in [4.69, 9.17) is 9.47 Å². The van der Waals surface area contributed by atoms with Crippen LogP contribution in [0.5, 0.6) is 11.5 Å². The maximum absolute atomic E-state index is 5.65. The summed E-state index contributed by atoms with van der Waals surface area (Å²) < 4.78 is 12.1. The van der Waals surface area contributed by atoms with Crippen molar-refractivity contribution in [2.75, 3.05) is 40.4 Å². The quantitative estimate of drug-likeness (QED) is 0.794. The first-order valence-electron chi connectivity index (χ1n) is 8.07. The van der Waals surface area contributed by atoms with E-state index in [2.05, 4.69) is 39.1 Å². The predicted molar refractivity (Wildman–Crippen MR) is 94.0 cm³/mol. The number of piperazine rings is 1. The van der Waals surface area contributed by atoms with Crippen LogP contribution in [0.1, 0.15) is 37.8 Å². The monoisotopic (exact) mass is 370 g/mol. The molecule has 0 spiro atoms. The summed E-state index contributed by atoms with van der Waals surface area (Å²) in [6.07, 6.45) is 3.58. The fraction of sp³-hybridized carbons (Fsp3) is 0.647. The van der Waals surface area contributed by atoms with Crippen LogP contribution >= 0.6 is 15.9 Å². The van der Waals surface area contributed by atoms with E-state index < -0.39 is 0 Å². The molecule has 1 atom stereocenters. The maximum Gasteiger partial charge on any atom is 0.133 e.